The van der Waals surface area contributed by atoms with Crippen LogP contribution in [0.4, 0.5) is 13.2 Å². The van der Waals surface area contributed by atoms with Gasteiger partial charge in [0.2, 0.25) is 0 Å². The van der Waals surface area contributed by atoms with Crippen molar-refractivity contribution in [3.8, 4) is 0 Å². The van der Waals surface area contributed by atoms with Crippen LogP contribution >= 0.6 is 0 Å². The zero-order chi connectivity index (χ0) is 14.6. The highest BCUT2D eigenvalue weighted by molar-refractivity contribution is 4.86. The molecule has 0 radical (unpaired) electrons. The lowest BCUT2D eigenvalue weighted by atomic mass is 9.76. The molecule has 20 heavy (non-hydrogen) atoms. The molecule has 1 N–H and O–H groups in total. The molecule has 0 aromatic heterocycles. The number of nitrogens with one attached hydrogen (secondary N) is 1. The monoisotopic (exact) mass is 291 g/mol. The van der Waals surface area contributed by atoms with Gasteiger partial charge in [-0.15, -0.1) is 0 Å². The largest absolute Gasteiger partial charge is 0.391 e. The van der Waals surface area contributed by atoms with Gasteiger partial charge >= 0.3 is 6.18 Å². The van der Waals surface area contributed by atoms with Crippen molar-refractivity contribution >= 4 is 0 Å². The van der Waals surface area contributed by atoms with Crippen LogP contribution in [0.5, 0.6) is 0 Å². The first kappa shape index (κ1) is 16.1. The summed E-state index contributed by atoms with van der Waals surface area (Å²) in [5.74, 6) is 0.209. The number of hydrogen-bond acceptors (Lipinski definition) is 1. The smallest absolute Gasteiger partial charge is 0.314 e. The molecule has 4 heteroatoms. The first-order chi connectivity index (χ1) is 9.50. The fraction of sp³-hybridized carbons (Fsp3) is 1.00. The van der Waals surface area contributed by atoms with Gasteiger partial charge in [-0.25, -0.2) is 0 Å². The van der Waals surface area contributed by atoms with Crippen molar-refractivity contribution in [2.75, 3.05) is 6.54 Å². The van der Waals surface area contributed by atoms with Gasteiger partial charge in [-0.1, -0.05) is 32.6 Å². The van der Waals surface area contributed by atoms with E-state index in [4.69, 9.17) is 0 Å². The van der Waals surface area contributed by atoms with Crippen LogP contribution in [0.2, 0.25) is 0 Å². The third-order valence-electron chi connectivity index (χ3n) is 5.33. The van der Waals surface area contributed by atoms with Crippen molar-refractivity contribution in [1.29, 1.82) is 0 Å². The third-order valence-corrected chi connectivity index (χ3v) is 5.33. The average molecular weight is 291 g/mol. The maximum Gasteiger partial charge on any atom is 0.391 e. The van der Waals surface area contributed by atoms with Gasteiger partial charge in [0.05, 0.1) is 5.92 Å². The second kappa shape index (κ2) is 7.15. The Hall–Kier alpha value is -0.250. The van der Waals surface area contributed by atoms with Crippen molar-refractivity contribution in [3.05, 3.63) is 0 Å². The molecule has 0 amide bonds. The van der Waals surface area contributed by atoms with Gasteiger partial charge in [0.15, 0.2) is 0 Å². The topological polar surface area (TPSA) is 12.0 Å². The number of rotatable bonds is 5. The van der Waals surface area contributed by atoms with Crippen LogP contribution in [0.1, 0.15) is 64.7 Å². The molecule has 1 atom stereocenters. The van der Waals surface area contributed by atoms with Crippen molar-refractivity contribution in [1.82, 2.24) is 5.32 Å². The second-order valence-electron chi connectivity index (χ2n) is 6.70. The molecule has 2 aliphatic carbocycles. The van der Waals surface area contributed by atoms with E-state index in [1.165, 1.54) is 32.1 Å². The summed E-state index contributed by atoms with van der Waals surface area (Å²) in [6.07, 6.45) is 4.66. The molecule has 118 valence electrons. The molecule has 0 bridgehead atoms. The maximum atomic E-state index is 12.7. The first-order valence-corrected chi connectivity index (χ1v) is 8.30. The van der Waals surface area contributed by atoms with Gasteiger partial charge in [-0.05, 0) is 50.5 Å². The quantitative estimate of drug-likeness (QED) is 0.758. The molecule has 0 heterocycles. The summed E-state index contributed by atoms with van der Waals surface area (Å²) in [6, 6.07) is 0.442. The highest BCUT2D eigenvalue weighted by atomic mass is 19.4. The van der Waals surface area contributed by atoms with Crippen LogP contribution in [-0.4, -0.2) is 18.8 Å². The lowest BCUT2D eigenvalue weighted by Crippen LogP contribution is -2.40. The molecule has 1 unspecified atom stereocenters. The minimum atomic E-state index is -3.98. The summed E-state index contributed by atoms with van der Waals surface area (Å²) in [6.45, 7) is 3.03. The number of alkyl halides is 3. The Labute approximate surface area is 120 Å². The minimum absolute atomic E-state index is 0.334. The number of halogens is 3. The van der Waals surface area contributed by atoms with Crippen molar-refractivity contribution in [2.45, 2.75) is 76.9 Å². The predicted octanol–water partition coefficient (Wildman–Crippen LogP) is 4.91. The summed E-state index contributed by atoms with van der Waals surface area (Å²) in [4.78, 5) is 0. The Kier molecular flexibility index (Phi) is 5.76. The molecule has 0 saturated heterocycles. The first-order valence-electron chi connectivity index (χ1n) is 8.30. The van der Waals surface area contributed by atoms with Crippen molar-refractivity contribution in [2.24, 2.45) is 17.8 Å². The van der Waals surface area contributed by atoms with E-state index in [0.717, 1.165) is 25.3 Å². The fourth-order valence-electron chi connectivity index (χ4n) is 4.16. The Bertz CT molecular complexity index is 276. The van der Waals surface area contributed by atoms with Gasteiger partial charge in [0, 0.05) is 6.04 Å². The van der Waals surface area contributed by atoms with Gasteiger partial charge in [-0.2, -0.15) is 13.2 Å². The Morgan fingerprint density at radius 2 is 1.60 bits per heavy atom. The maximum absolute atomic E-state index is 12.7. The van der Waals surface area contributed by atoms with Gasteiger partial charge in [0.25, 0.3) is 0 Å². The van der Waals surface area contributed by atoms with Gasteiger partial charge in [0.1, 0.15) is 0 Å². The van der Waals surface area contributed by atoms with Crippen molar-refractivity contribution < 1.29 is 13.2 Å². The van der Waals surface area contributed by atoms with E-state index >= 15 is 0 Å². The van der Waals surface area contributed by atoms with E-state index in [-0.39, 0.29) is 0 Å². The Morgan fingerprint density at radius 1 is 1.00 bits per heavy atom. The molecule has 0 aromatic carbocycles. The van der Waals surface area contributed by atoms with Crippen LogP contribution in [0, 0.1) is 17.8 Å². The summed E-state index contributed by atoms with van der Waals surface area (Å²) in [5.41, 5.74) is 0. The number of hydrogen-bond donors (Lipinski definition) is 1. The van der Waals surface area contributed by atoms with Crippen molar-refractivity contribution in [3.63, 3.8) is 0 Å². The summed E-state index contributed by atoms with van der Waals surface area (Å²) < 4.78 is 38.2. The summed E-state index contributed by atoms with van der Waals surface area (Å²) in [7, 11) is 0. The molecule has 0 aromatic rings. The third kappa shape index (κ3) is 4.37. The van der Waals surface area contributed by atoms with Crippen LogP contribution in [-0.2, 0) is 0 Å². The van der Waals surface area contributed by atoms with E-state index in [0.29, 0.717) is 24.8 Å². The van der Waals surface area contributed by atoms with Crippen LogP contribution in [0.25, 0.3) is 0 Å². The van der Waals surface area contributed by atoms with E-state index in [9.17, 15) is 13.2 Å². The second-order valence-corrected chi connectivity index (χ2v) is 6.70. The Morgan fingerprint density at radius 3 is 2.10 bits per heavy atom. The lowest BCUT2D eigenvalue weighted by molar-refractivity contribution is -0.184. The minimum Gasteiger partial charge on any atom is -0.314 e. The normalized spacial score (nSPS) is 30.6. The molecule has 2 aliphatic rings. The standard InChI is InChI=1S/C16H28F3N/c1-2-20-15(11-12-5-3-4-6-12)13-7-9-14(10-8-13)16(17,18)19/h12-15,20H,2-11H2,1H3. The molecule has 0 aliphatic heterocycles. The zero-order valence-corrected chi connectivity index (χ0v) is 12.5. The molecular weight excluding hydrogens is 263 g/mol. The SMILES string of the molecule is CCNC(CC1CCCC1)C1CCC(C(F)(F)F)CC1. The molecule has 2 rings (SSSR count). The highest BCUT2D eigenvalue weighted by Gasteiger charge is 2.42. The van der Waals surface area contributed by atoms with Crippen LogP contribution in [0.3, 0.4) is 0 Å². The summed E-state index contributed by atoms with van der Waals surface area (Å²) in [5, 5.41) is 3.55. The van der Waals surface area contributed by atoms with Crippen LogP contribution < -0.4 is 5.32 Å². The molecule has 2 saturated carbocycles. The molecule has 2 fully saturated rings. The Balaban J connectivity index is 1.84. The molecule has 0 spiro atoms. The van der Waals surface area contributed by atoms with Gasteiger partial charge in [-0.3, -0.25) is 0 Å². The van der Waals surface area contributed by atoms with Gasteiger partial charge < -0.3 is 5.32 Å². The predicted molar refractivity (Wildman–Crippen MR) is 75.5 cm³/mol. The average Bonchev–Trinajstić information content (AvgIpc) is 2.90. The summed E-state index contributed by atoms with van der Waals surface area (Å²) >= 11 is 0. The molecule has 1 nitrogen and oxygen atoms in total. The van der Waals surface area contributed by atoms with E-state index in [2.05, 4.69) is 12.2 Å². The fourth-order valence-corrected chi connectivity index (χ4v) is 4.16. The lowest BCUT2D eigenvalue weighted by Gasteiger charge is -2.36. The van der Waals surface area contributed by atoms with E-state index in [1.54, 1.807) is 0 Å². The zero-order valence-electron chi connectivity index (χ0n) is 12.5. The molecular formula is C16H28F3N. The highest BCUT2D eigenvalue weighted by Crippen LogP contribution is 2.41. The van der Waals surface area contributed by atoms with E-state index in [1.807, 2.05) is 0 Å². The van der Waals surface area contributed by atoms with Crippen LogP contribution in [0.15, 0.2) is 0 Å². The van der Waals surface area contributed by atoms with E-state index < -0.39 is 12.1 Å².